The van der Waals surface area contributed by atoms with Gasteiger partial charge in [-0.15, -0.1) is 0 Å². The Bertz CT molecular complexity index is 663. The van der Waals surface area contributed by atoms with Crippen LogP contribution in [0.4, 0.5) is 0 Å². The van der Waals surface area contributed by atoms with E-state index in [-0.39, 0.29) is 24.8 Å². The van der Waals surface area contributed by atoms with E-state index in [0.717, 1.165) is 30.9 Å². The van der Waals surface area contributed by atoms with Gasteiger partial charge in [-0.25, -0.2) is 0 Å². The third-order valence-electron chi connectivity index (χ3n) is 5.20. The van der Waals surface area contributed by atoms with Crippen LogP contribution in [0.1, 0.15) is 33.6 Å². The van der Waals surface area contributed by atoms with E-state index < -0.39 is 5.79 Å². The van der Waals surface area contributed by atoms with E-state index in [4.69, 9.17) is 9.47 Å². The SMILES string of the molecule is CC[NH+](CC)CC[NH2+]CCCC1(C)Oc2cc3ccccc3cc2O1.[Cl-].[Cl-]. The number of hydrogen-bond donors (Lipinski definition) is 2. The zero-order chi connectivity index (χ0) is 17.7. The molecule has 1 aliphatic heterocycles. The standard InChI is InChI=1S/C21H30N2O2.2ClH/c1-4-23(5-2)14-13-22-12-8-11-21(3)24-19-15-17-9-6-7-10-18(17)16-20(19)25-21;;/h6-7,9-10,15-16,22H,4-5,8,11-14H2,1-3H3;2*1H. The highest BCUT2D eigenvalue weighted by Crippen LogP contribution is 2.43. The maximum atomic E-state index is 6.14. The lowest BCUT2D eigenvalue weighted by Gasteiger charge is -2.22. The molecule has 0 fully saturated rings. The van der Waals surface area contributed by atoms with Crippen LogP contribution in [0.15, 0.2) is 36.4 Å². The molecule has 1 aliphatic rings. The number of benzene rings is 2. The number of halogens is 2. The van der Waals surface area contributed by atoms with Crippen molar-refractivity contribution in [2.24, 2.45) is 0 Å². The van der Waals surface area contributed by atoms with Crippen molar-refractivity contribution < 1.29 is 44.5 Å². The monoisotopic (exact) mass is 414 g/mol. The van der Waals surface area contributed by atoms with Gasteiger partial charge in [0.05, 0.1) is 19.6 Å². The van der Waals surface area contributed by atoms with Crippen LogP contribution in [0.2, 0.25) is 0 Å². The molecule has 0 bridgehead atoms. The van der Waals surface area contributed by atoms with Gasteiger partial charge in [0.1, 0.15) is 13.1 Å². The van der Waals surface area contributed by atoms with Crippen molar-refractivity contribution >= 4 is 10.8 Å². The zero-order valence-electron chi connectivity index (χ0n) is 16.6. The fraction of sp³-hybridized carbons (Fsp3) is 0.524. The molecule has 152 valence electrons. The summed E-state index contributed by atoms with van der Waals surface area (Å²) in [5.41, 5.74) is 0. The molecular formula is C21H32Cl2N2O2. The summed E-state index contributed by atoms with van der Waals surface area (Å²) in [5.74, 6) is 1.21. The molecule has 0 aliphatic carbocycles. The molecule has 0 aromatic heterocycles. The third kappa shape index (κ3) is 6.15. The summed E-state index contributed by atoms with van der Waals surface area (Å²) in [6, 6.07) is 12.5. The number of nitrogens with one attached hydrogen (secondary N) is 1. The normalized spacial score (nSPS) is 14.1. The van der Waals surface area contributed by atoms with Gasteiger partial charge in [-0.3, -0.25) is 0 Å². The highest BCUT2D eigenvalue weighted by atomic mass is 35.5. The third-order valence-corrected chi connectivity index (χ3v) is 5.20. The quantitative estimate of drug-likeness (QED) is 0.406. The van der Waals surface area contributed by atoms with E-state index in [1.54, 1.807) is 4.90 Å². The summed E-state index contributed by atoms with van der Waals surface area (Å²) < 4.78 is 12.3. The average molecular weight is 415 g/mol. The van der Waals surface area contributed by atoms with Crippen molar-refractivity contribution in [2.75, 3.05) is 32.7 Å². The summed E-state index contributed by atoms with van der Waals surface area (Å²) in [4.78, 5) is 1.67. The fourth-order valence-electron chi connectivity index (χ4n) is 3.57. The molecule has 3 N–H and O–H groups in total. The Morgan fingerprint density at radius 2 is 1.48 bits per heavy atom. The lowest BCUT2D eigenvalue weighted by Crippen LogP contribution is -3.14. The molecule has 2 aromatic carbocycles. The van der Waals surface area contributed by atoms with Crippen molar-refractivity contribution in [1.82, 2.24) is 0 Å². The first kappa shape index (κ1) is 23.8. The predicted molar refractivity (Wildman–Crippen MR) is 101 cm³/mol. The Morgan fingerprint density at radius 1 is 0.926 bits per heavy atom. The van der Waals surface area contributed by atoms with Crippen molar-refractivity contribution in [3.63, 3.8) is 0 Å². The van der Waals surface area contributed by atoms with E-state index in [1.165, 1.54) is 37.0 Å². The summed E-state index contributed by atoms with van der Waals surface area (Å²) in [5, 5.41) is 4.81. The lowest BCUT2D eigenvalue weighted by atomic mass is 10.1. The second-order valence-corrected chi connectivity index (χ2v) is 7.16. The lowest BCUT2D eigenvalue weighted by molar-refractivity contribution is -0.909. The minimum atomic E-state index is -0.530. The summed E-state index contributed by atoms with van der Waals surface area (Å²) in [6.45, 7) is 12.6. The Hall–Kier alpha value is -1.20. The van der Waals surface area contributed by atoms with E-state index in [2.05, 4.69) is 62.5 Å². The summed E-state index contributed by atoms with van der Waals surface area (Å²) in [6.07, 6.45) is 2.00. The first-order chi connectivity index (χ1) is 12.1. The topological polar surface area (TPSA) is 39.5 Å². The van der Waals surface area contributed by atoms with Gasteiger partial charge in [-0.1, -0.05) is 24.3 Å². The van der Waals surface area contributed by atoms with E-state index in [1.807, 2.05) is 0 Å². The van der Waals surface area contributed by atoms with Gasteiger partial charge in [0, 0.05) is 19.8 Å². The molecule has 0 saturated carbocycles. The van der Waals surface area contributed by atoms with Crippen LogP contribution in [0.25, 0.3) is 10.8 Å². The number of quaternary nitrogens is 2. The van der Waals surface area contributed by atoms with Crippen LogP contribution in [-0.4, -0.2) is 38.5 Å². The minimum absolute atomic E-state index is 0. The van der Waals surface area contributed by atoms with Gasteiger partial charge in [0.25, 0.3) is 0 Å². The first-order valence-electron chi connectivity index (χ1n) is 9.69. The molecule has 0 saturated heterocycles. The molecule has 2 aromatic rings. The summed E-state index contributed by atoms with van der Waals surface area (Å²) in [7, 11) is 0. The smallest absolute Gasteiger partial charge is 0.249 e. The van der Waals surface area contributed by atoms with Crippen LogP contribution in [0, 0.1) is 0 Å². The van der Waals surface area contributed by atoms with Crippen molar-refractivity contribution in [1.29, 1.82) is 0 Å². The van der Waals surface area contributed by atoms with Gasteiger partial charge in [-0.2, -0.15) is 0 Å². The molecule has 0 unspecified atom stereocenters. The number of fused-ring (bicyclic) bond motifs is 2. The Morgan fingerprint density at radius 3 is 2.00 bits per heavy atom. The number of rotatable bonds is 9. The highest BCUT2D eigenvalue weighted by Gasteiger charge is 2.36. The van der Waals surface area contributed by atoms with Gasteiger partial charge in [0.2, 0.25) is 5.79 Å². The molecule has 0 spiro atoms. The van der Waals surface area contributed by atoms with Crippen molar-refractivity contribution in [3.05, 3.63) is 36.4 Å². The number of hydrogen-bond acceptors (Lipinski definition) is 2. The first-order valence-corrected chi connectivity index (χ1v) is 9.69. The second-order valence-electron chi connectivity index (χ2n) is 7.16. The minimum Gasteiger partial charge on any atom is -1.00 e. The number of likely N-dealkylation sites (N-methyl/N-ethyl adjacent to an activating group) is 1. The van der Waals surface area contributed by atoms with Crippen LogP contribution in [0.3, 0.4) is 0 Å². The molecule has 0 atom stereocenters. The van der Waals surface area contributed by atoms with Crippen LogP contribution in [0.5, 0.6) is 11.5 Å². The molecule has 4 nitrogen and oxygen atoms in total. The number of ether oxygens (including phenoxy) is 2. The average Bonchev–Trinajstić information content (AvgIpc) is 2.94. The van der Waals surface area contributed by atoms with Crippen molar-refractivity contribution in [2.45, 2.75) is 39.4 Å². The van der Waals surface area contributed by atoms with Gasteiger partial charge in [0.15, 0.2) is 11.5 Å². The van der Waals surface area contributed by atoms with Crippen LogP contribution < -0.4 is 44.5 Å². The summed E-state index contributed by atoms with van der Waals surface area (Å²) >= 11 is 0. The van der Waals surface area contributed by atoms with Crippen LogP contribution in [-0.2, 0) is 0 Å². The molecular weight excluding hydrogens is 383 g/mol. The molecule has 6 heteroatoms. The number of nitrogens with two attached hydrogens (primary N) is 1. The maximum absolute atomic E-state index is 6.14. The molecule has 0 amide bonds. The Balaban J connectivity index is 0.00000182. The highest BCUT2D eigenvalue weighted by molar-refractivity contribution is 5.86. The second kappa shape index (κ2) is 11.0. The van der Waals surface area contributed by atoms with E-state index in [9.17, 15) is 0 Å². The van der Waals surface area contributed by atoms with E-state index >= 15 is 0 Å². The van der Waals surface area contributed by atoms with E-state index in [0.29, 0.717) is 0 Å². The maximum Gasteiger partial charge on any atom is 0.249 e. The fourth-order valence-corrected chi connectivity index (χ4v) is 3.57. The van der Waals surface area contributed by atoms with Crippen LogP contribution >= 0.6 is 0 Å². The van der Waals surface area contributed by atoms with Gasteiger partial charge in [-0.05, 0) is 36.8 Å². The molecule has 1 heterocycles. The molecule has 0 radical (unpaired) electrons. The Labute approximate surface area is 175 Å². The van der Waals surface area contributed by atoms with Gasteiger partial charge >= 0.3 is 0 Å². The predicted octanol–water partition coefficient (Wildman–Crippen LogP) is -4.40. The largest absolute Gasteiger partial charge is 1.00 e. The molecule has 27 heavy (non-hydrogen) atoms. The molecule has 3 rings (SSSR count). The van der Waals surface area contributed by atoms with Gasteiger partial charge < -0.3 is 44.5 Å². The van der Waals surface area contributed by atoms with Crippen molar-refractivity contribution in [3.8, 4) is 11.5 Å². The Kier molecular flexibility index (Phi) is 9.68. The zero-order valence-corrected chi connectivity index (χ0v) is 18.1.